The monoisotopic (exact) mass is 314 g/mol. The van der Waals surface area contributed by atoms with Crippen LogP contribution in [-0.4, -0.2) is 26.0 Å². The van der Waals surface area contributed by atoms with Crippen molar-refractivity contribution in [3.05, 3.63) is 46.7 Å². The summed E-state index contributed by atoms with van der Waals surface area (Å²) in [5, 5.41) is 2.04. The summed E-state index contributed by atoms with van der Waals surface area (Å²) in [4.78, 5) is 12.7. The molecule has 4 heterocycles. The van der Waals surface area contributed by atoms with Crippen LogP contribution >= 0.6 is 11.3 Å². The van der Waals surface area contributed by atoms with Gasteiger partial charge in [0.25, 0.3) is 0 Å². The third-order valence-electron chi connectivity index (χ3n) is 4.21. The second-order valence-corrected chi connectivity index (χ2v) is 6.63. The highest BCUT2D eigenvalue weighted by molar-refractivity contribution is 7.13. The van der Waals surface area contributed by atoms with Gasteiger partial charge in [-0.1, -0.05) is 6.07 Å². The Kier molecular flexibility index (Phi) is 3.35. The van der Waals surface area contributed by atoms with Gasteiger partial charge in [-0.3, -0.25) is 4.90 Å². The molecule has 6 heteroatoms. The van der Waals surface area contributed by atoms with Crippen LogP contribution in [0.15, 0.2) is 28.2 Å². The van der Waals surface area contributed by atoms with E-state index >= 15 is 0 Å². The van der Waals surface area contributed by atoms with Gasteiger partial charge >= 0.3 is 0 Å². The molecular formula is C16H18N4OS. The van der Waals surface area contributed by atoms with Crippen LogP contribution in [0.25, 0.3) is 10.8 Å². The molecule has 0 N–H and O–H groups in total. The largest absolute Gasteiger partial charge is 0.444 e. The van der Waals surface area contributed by atoms with E-state index in [1.54, 1.807) is 17.6 Å². The first-order valence-electron chi connectivity index (χ1n) is 7.44. The summed E-state index contributed by atoms with van der Waals surface area (Å²) in [5.41, 5.74) is 3.41. The predicted molar refractivity (Wildman–Crippen MR) is 85.6 cm³/mol. The molecule has 4 rings (SSSR count). The van der Waals surface area contributed by atoms with Crippen LogP contribution in [0.1, 0.15) is 22.9 Å². The maximum absolute atomic E-state index is 5.60. The summed E-state index contributed by atoms with van der Waals surface area (Å²) in [7, 11) is 0. The van der Waals surface area contributed by atoms with Crippen LogP contribution in [0.3, 0.4) is 0 Å². The summed E-state index contributed by atoms with van der Waals surface area (Å²) >= 11 is 1.65. The Labute approximate surface area is 133 Å². The molecular weight excluding hydrogens is 296 g/mol. The lowest BCUT2D eigenvalue weighted by Gasteiger charge is -2.27. The van der Waals surface area contributed by atoms with Crippen LogP contribution in [-0.2, 0) is 19.6 Å². The highest BCUT2D eigenvalue weighted by atomic mass is 32.1. The minimum Gasteiger partial charge on any atom is -0.444 e. The summed E-state index contributed by atoms with van der Waals surface area (Å²) < 4.78 is 7.92. The Morgan fingerprint density at radius 2 is 2.18 bits per heavy atom. The fraction of sp³-hybridized carbons (Fsp3) is 0.375. The smallest absolute Gasteiger partial charge is 0.236 e. The van der Waals surface area contributed by atoms with Crippen molar-refractivity contribution in [3.63, 3.8) is 0 Å². The fourth-order valence-electron chi connectivity index (χ4n) is 2.92. The van der Waals surface area contributed by atoms with Crippen molar-refractivity contribution >= 4 is 11.3 Å². The molecule has 0 aromatic carbocycles. The maximum Gasteiger partial charge on any atom is 0.236 e. The summed E-state index contributed by atoms with van der Waals surface area (Å²) in [6.45, 7) is 7.92. The lowest BCUT2D eigenvalue weighted by atomic mass is 10.3. The zero-order valence-electron chi connectivity index (χ0n) is 12.7. The van der Waals surface area contributed by atoms with Crippen molar-refractivity contribution in [2.45, 2.75) is 33.5 Å². The molecule has 1 aliphatic heterocycles. The number of nitrogens with zero attached hydrogens (tertiary/aromatic N) is 4. The molecule has 0 atom stereocenters. The first kappa shape index (κ1) is 13.7. The molecule has 1 aliphatic rings. The van der Waals surface area contributed by atoms with Gasteiger partial charge in [0, 0.05) is 25.3 Å². The van der Waals surface area contributed by atoms with Gasteiger partial charge in [-0.2, -0.15) is 0 Å². The molecule has 0 radical (unpaired) electrons. The van der Waals surface area contributed by atoms with Crippen molar-refractivity contribution < 1.29 is 4.42 Å². The standard InChI is InChI=1S/C16H18N4OS/c1-11-12(2)20-6-5-19(9-15(20)17-11)8-13-10-21-16(18-13)14-4-3-7-22-14/h3-4,7,10H,5-6,8-9H2,1-2H3. The predicted octanol–water partition coefficient (Wildman–Crippen LogP) is 3.23. The zero-order valence-corrected chi connectivity index (χ0v) is 13.6. The van der Waals surface area contributed by atoms with E-state index in [4.69, 9.17) is 4.42 Å². The number of rotatable bonds is 3. The van der Waals surface area contributed by atoms with Crippen molar-refractivity contribution in [2.24, 2.45) is 0 Å². The van der Waals surface area contributed by atoms with E-state index in [1.807, 2.05) is 17.5 Å². The third-order valence-corrected chi connectivity index (χ3v) is 5.07. The molecule has 0 spiro atoms. The van der Waals surface area contributed by atoms with Crippen LogP contribution in [0.2, 0.25) is 0 Å². The second-order valence-electron chi connectivity index (χ2n) is 5.68. The number of oxazole rings is 1. The van der Waals surface area contributed by atoms with E-state index in [0.29, 0.717) is 0 Å². The van der Waals surface area contributed by atoms with Crippen molar-refractivity contribution in [1.29, 1.82) is 0 Å². The Morgan fingerprint density at radius 1 is 1.27 bits per heavy atom. The minimum absolute atomic E-state index is 0.718. The second kappa shape index (κ2) is 5.37. The Bertz CT molecular complexity index is 787. The summed E-state index contributed by atoms with van der Waals surface area (Å²) in [5.74, 6) is 1.87. The lowest BCUT2D eigenvalue weighted by Crippen LogP contribution is -2.33. The summed E-state index contributed by atoms with van der Waals surface area (Å²) in [6, 6.07) is 4.04. The van der Waals surface area contributed by atoms with E-state index in [0.717, 1.165) is 54.2 Å². The highest BCUT2D eigenvalue weighted by Gasteiger charge is 2.21. The van der Waals surface area contributed by atoms with Gasteiger partial charge < -0.3 is 8.98 Å². The number of hydrogen-bond donors (Lipinski definition) is 0. The molecule has 3 aromatic heterocycles. The van der Waals surface area contributed by atoms with Gasteiger partial charge in [0.2, 0.25) is 5.89 Å². The Hall–Kier alpha value is -1.92. The van der Waals surface area contributed by atoms with Gasteiger partial charge in [-0.15, -0.1) is 11.3 Å². The third kappa shape index (κ3) is 2.38. The molecule has 0 aliphatic carbocycles. The molecule has 0 bridgehead atoms. The van der Waals surface area contributed by atoms with Crippen molar-refractivity contribution in [2.75, 3.05) is 6.54 Å². The molecule has 5 nitrogen and oxygen atoms in total. The van der Waals surface area contributed by atoms with Crippen LogP contribution < -0.4 is 0 Å². The van der Waals surface area contributed by atoms with Crippen molar-refractivity contribution in [3.8, 4) is 10.8 Å². The topological polar surface area (TPSA) is 47.1 Å². The molecule has 3 aromatic rings. The molecule has 0 saturated heterocycles. The number of imidazole rings is 1. The number of aromatic nitrogens is 3. The SMILES string of the molecule is Cc1nc2n(c1C)CCN(Cc1coc(-c3cccs3)n1)C2. The molecule has 0 unspecified atom stereocenters. The zero-order chi connectivity index (χ0) is 15.1. The normalized spacial score (nSPS) is 15.2. The van der Waals surface area contributed by atoms with E-state index in [9.17, 15) is 0 Å². The number of fused-ring (bicyclic) bond motifs is 1. The van der Waals surface area contributed by atoms with Gasteiger partial charge in [0.15, 0.2) is 0 Å². The molecule has 0 fully saturated rings. The summed E-state index contributed by atoms with van der Waals surface area (Å²) in [6.07, 6.45) is 1.77. The molecule has 114 valence electrons. The number of thiophene rings is 1. The molecule has 22 heavy (non-hydrogen) atoms. The fourth-order valence-corrected chi connectivity index (χ4v) is 3.57. The average molecular weight is 314 g/mol. The first-order chi connectivity index (χ1) is 10.7. The van der Waals surface area contributed by atoms with Gasteiger partial charge in [0.05, 0.1) is 22.8 Å². The average Bonchev–Trinajstić information content (AvgIpc) is 3.21. The van der Waals surface area contributed by atoms with E-state index in [-0.39, 0.29) is 0 Å². The van der Waals surface area contributed by atoms with E-state index in [1.165, 1.54) is 5.69 Å². The van der Waals surface area contributed by atoms with Crippen LogP contribution in [0.5, 0.6) is 0 Å². The minimum atomic E-state index is 0.718. The van der Waals surface area contributed by atoms with E-state index in [2.05, 4.69) is 33.3 Å². The quantitative estimate of drug-likeness (QED) is 0.744. The Balaban J connectivity index is 1.48. The maximum atomic E-state index is 5.60. The van der Waals surface area contributed by atoms with Crippen LogP contribution in [0, 0.1) is 13.8 Å². The van der Waals surface area contributed by atoms with Crippen LogP contribution in [0.4, 0.5) is 0 Å². The lowest BCUT2D eigenvalue weighted by molar-refractivity contribution is 0.205. The number of hydrogen-bond acceptors (Lipinski definition) is 5. The molecule has 0 saturated carbocycles. The molecule has 0 amide bonds. The van der Waals surface area contributed by atoms with Gasteiger partial charge in [-0.05, 0) is 25.3 Å². The number of aryl methyl sites for hydroxylation is 1. The highest BCUT2D eigenvalue weighted by Crippen LogP contribution is 2.25. The van der Waals surface area contributed by atoms with Crippen molar-refractivity contribution in [1.82, 2.24) is 19.4 Å². The first-order valence-corrected chi connectivity index (χ1v) is 8.32. The van der Waals surface area contributed by atoms with Gasteiger partial charge in [0.1, 0.15) is 12.1 Å². The van der Waals surface area contributed by atoms with E-state index < -0.39 is 0 Å². The van der Waals surface area contributed by atoms with Gasteiger partial charge in [-0.25, -0.2) is 9.97 Å². The Morgan fingerprint density at radius 3 is 3.00 bits per heavy atom.